The van der Waals surface area contributed by atoms with Crippen molar-refractivity contribution in [1.82, 2.24) is 10.3 Å². The summed E-state index contributed by atoms with van der Waals surface area (Å²) in [5.41, 5.74) is 0.421. The molecule has 1 rings (SSSR count). The monoisotopic (exact) mass is 238 g/mol. The van der Waals surface area contributed by atoms with Crippen LogP contribution >= 0.6 is 0 Å². The van der Waals surface area contributed by atoms with Crippen molar-refractivity contribution in [3.05, 3.63) is 17.7 Å². The smallest absolute Gasteiger partial charge is 0.256 e. The fourth-order valence-corrected chi connectivity index (χ4v) is 1.34. The van der Waals surface area contributed by atoms with Crippen molar-refractivity contribution in [2.24, 2.45) is 0 Å². The zero-order chi connectivity index (χ0) is 12.7. The summed E-state index contributed by atoms with van der Waals surface area (Å²) in [7, 11) is 2.99. The lowest BCUT2D eigenvalue weighted by Gasteiger charge is -2.09. The second kappa shape index (κ2) is 6.73. The number of rotatable bonds is 6. The van der Waals surface area contributed by atoms with Crippen molar-refractivity contribution >= 4 is 5.91 Å². The Labute approximate surface area is 101 Å². The maximum atomic E-state index is 11.8. The van der Waals surface area contributed by atoms with E-state index in [2.05, 4.69) is 17.2 Å². The molecule has 17 heavy (non-hydrogen) atoms. The van der Waals surface area contributed by atoms with Crippen LogP contribution in [0.2, 0.25) is 0 Å². The Morgan fingerprint density at radius 1 is 1.35 bits per heavy atom. The fraction of sp³-hybridized carbons (Fsp3) is 0.500. The molecule has 0 aliphatic rings. The Morgan fingerprint density at radius 2 is 2.12 bits per heavy atom. The van der Waals surface area contributed by atoms with Crippen molar-refractivity contribution in [2.45, 2.75) is 19.8 Å². The molecule has 0 saturated heterocycles. The quantitative estimate of drug-likeness (QED) is 0.765. The van der Waals surface area contributed by atoms with E-state index in [0.29, 0.717) is 18.0 Å². The second-order valence-corrected chi connectivity index (χ2v) is 3.52. The Hall–Kier alpha value is -1.78. The van der Waals surface area contributed by atoms with E-state index in [-0.39, 0.29) is 11.8 Å². The van der Waals surface area contributed by atoms with Crippen LogP contribution in [0.4, 0.5) is 0 Å². The molecule has 0 fully saturated rings. The van der Waals surface area contributed by atoms with Crippen molar-refractivity contribution in [3.8, 4) is 11.8 Å². The largest absolute Gasteiger partial charge is 0.481 e. The van der Waals surface area contributed by atoms with Gasteiger partial charge in [-0.3, -0.25) is 4.79 Å². The molecular weight excluding hydrogens is 220 g/mol. The zero-order valence-electron chi connectivity index (χ0n) is 10.4. The number of hydrogen-bond acceptors (Lipinski definition) is 4. The molecule has 94 valence electrons. The van der Waals surface area contributed by atoms with Gasteiger partial charge in [0.05, 0.1) is 14.2 Å². The van der Waals surface area contributed by atoms with Gasteiger partial charge in [-0.05, 0) is 12.5 Å². The van der Waals surface area contributed by atoms with E-state index in [4.69, 9.17) is 9.47 Å². The van der Waals surface area contributed by atoms with Gasteiger partial charge in [-0.2, -0.15) is 4.98 Å². The van der Waals surface area contributed by atoms with E-state index in [1.807, 2.05) is 0 Å². The number of nitrogens with one attached hydrogen (secondary N) is 1. The van der Waals surface area contributed by atoms with Crippen LogP contribution in [0.3, 0.4) is 0 Å². The van der Waals surface area contributed by atoms with Crippen LogP contribution in [0, 0.1) is 0 Å². The summed E-state index contributed by atoms with van der Waals surface area (Å²) in [5, 5.41) is 2.81. The number of carbonyl (C=O) groups is 1. The first kappa shape index (κ1) is 13.3. The summed E-state index contributed by atoms with van der Waals surface area (Å²) < 4.78 is 10.0. The normalized spacial score (nSPS) is 9.82. The number of amides is 1. The van der Waals surface area contributed by atoms with Crippen LogP contribution in [0.1, 0.15) is 30.1 Å². The predicted molar refractivity (Wildman–Crippen MR) is 64.6 cm³/mol. The van der Waals surface area contributed by atoms with Gasteiger partial charge in [0.25, 0.3) is 5.91 Å². The van der Waals surface area contributed by atoms with Crippen LogP contribution in [-0.4, -0.2) is 31.7 Å². The number of pyridine rings is 1. The molecule has 0 atom stereocenters. The minimum Gasteiger partial charge on any atom is -0.481 e. The second-order valence-electron chi connectivity index (χ2n) is 3.52. The third kappa shape index (κ3) is 3.62. The van der Waals surface area contributed by atoms with Gasteiger partial charge in [0.15, 0.2) is 0 Å². The van der Waals surface area contributed by atoms with Crippen molar-refractivity contribution in [3.63, 3.8) is 0 Å². The summed E-state index contributed by atoms with van der Waals surface area (Å²) in [5.74, 6) is 0.524. The molecule has 0 aliphatic carbocycles. The van der Waals surface area contributed by atoms with E-state index in [0.717, 1.165) is 12.8 Å². The van der Waals surface area contributed by atoms with Crippen LogP contribution < -0.4 is 14.8 Å². The van der Waals surface area contributed by atoms with Crippen molar-refractivity contribution in [2.75, 3.05) is 20.8 Å². The molecule has 0 unspecified atom stereocenters. The summed E-state index contributed by atoms with van der Waals surface area (Å²) in [6.45, 7) is 2.73. The number of ether oxygens (including phenoxy) is 2. The highest BCUT2D eigenvalue weighted by Gasteiger charge is 2.13. The van der Waals surface area contributed by atoms with E-state index in [1.54, 1.807) is 12.1 Å². The summed E-state index contributed by atoms with van der Waals surface area (Å²) >= 11 is 0. The molecular formula is C12H18N2O3. The molecule has 0 radical (unpaired) electrons. The first-order chi connectivity index (χ1) is 8.22. The average molecular weight is 238 g/mol. The Morgan fingerprint density at radius 3 is 2.71 bits per heavy atom. The first-order valence-corrected chi connectivity index (χ1v) is 5.60. The van der Waals surface area contributed by atoms with Crippen LogP contribution in [0.25, 0.3) is 0 Å². The standard InChI is InChI=1S/C12H18N2O3/c1-4-5-8-13-11(15)9-6-7-10(16-2)14-12(9)17-3/h6-7H,4-5,8H2,1-3H3,(H,13,15). The average Bonchev–Trinajstić information content (AvgIpc) is 2.38. The van der Waals surface area contributed by atoms with Gasteiger partial charge in [0.1, 0.15) is 5.56 Å². The number of aromatic nitrogens is 1. The van der Waals surface area contributed by atoms with Gasteiger partial charge in [0.2, 0.25) is 11.8 Å². The molecule has 1 aromatic heterocycles. The number of methoxy groups -OCH3 is 2. The molecule has 1 N–H and O–H groups in total. The Balaban J connectivity index is 2.78. The molecule has 0 bridgehead atoms. The summed E-state index contributed by atoms with van der Waals surface area (Å²) in [4.78, 5) is 15.9. The van der Waals surface area contributed by atoms with Crippen LogP contribution in [0.15, 0.2) is 12.1 Å². The lowest BCUT2D eigenvalue weighted by Crippen LogP contribution is -2.25. The number of nitrogens with zero attached hydrogens (tertiary/aromatic N) is 1. The van der Waals surface area contributed by atoms with Crippen LogP contribution in [-0.2, 0) is 0 Å². The van der Waals surface area contributed by atoms with Gasteiger partial charge < -0.3 is 14.8 Å². The Bertz CT molecular complexity index is 380. The topological polar surface area (TPSA) is 60.5 Å². The number of unbranched alkanes of at least 4 members (excludes halogenated alkanes) is 1. The molecule has 1 heterocycles. The maximum Gasteiger partial charge on any atom is 0.256 e. The molecule has 0 aromatic carbocycles. The first-order valence-electron chi connectivity index (χ1n) is 5.60. The minimum absolute atomic E-state index is 0.176. The van der Waals surface area contributed by atoms with Crippen molar-refractivity contribution < 1.29 is 14.3 Å². The highest BCUT2D eigenvalue weighted by atomic mass is 16.5. The van der Waals surface area contributed by atoms with E-state index in [9.17, 15) is 4.79 Å². The van der Waals surface area contributed by atoms with Gasteiger partial charge >= 0.3 is 0 Å². The summed E-state index contributed by atoms with van der Waals surface area (Å²) in [6.07, 6.45) is 2.00. The van der Waals surface area contributed by atoms with Crippen LogP contribution in [0.5, 0.6) is 11.8 Å². The van der Waals surface area contributed by atoms with Gasteiger partial charge in [-0.25, -0.2) is 0 Å². The Kier molecular flexibility index (Phi) is 5.26. The number of carbonyl (C=O) groups excluding carboxylic acids is 1. The SMILES string of the molecule is CCCCNC(=O)c1ccc(OC)nc1OC. The predicted octanol–water partition coefficient (Wildman–Crippen LogP) is 1.63. The minimum atomic E-state index is -0.176. The summed E-state index contributed by atoms with van der Waals surface area (Å²) in [6, 6.07) is 3.28. The van der Waals surface area contributed by atoms with Gasteiger partial charge in [0, 0.05) is 12.6 Å². The van der Waals surface area contributed by atoms with E-state index < -0.39 is 0 Å². The lowest BCUT2D eigenvalue weighted by atomic mass is 10.2. The maximum absolute atomic E-state index is 11.8. The lowest BCUT2D eigenvalue weighted by molar-refractivity contribution is 0.0949. The highest BCUT2D eigenvalue weighted by Crippen LogP contribution is 2.19. The van der Waals surface area contributed by atoms with Crippen molar-refractivity contribution in [1.29, 1.82) is 0 Å². The van der Waals surface area contributed by atoms with Gasteiger partial charge in [-0.15, -0.1) is 0 Å². The van der Waals surface area contributed by atoms with E-state index >= 15 is 0 Å². The molecule has 0 aliphatic heterocycles. The number of hydrogen-bond donors (Lipinski definition) is 1. The molecule has 1 amide bonds. The molecule has 5 heteroatoms. The molecule has 5 nitrogen and oxygen atoms in total. The molecule has 0 spiro atoms. The highest BCUT2D eigenvalue weighted by molar-refractivity contribution is 5.96. The molecule has 1 aromatic rings. The zero-order valence-corrected chi connectivity index (χ0v) is 10.4. The third-order valence-corrected chi connectivity index (χ3v) is 2.30. The molecule has 0 saturated carbocycles. The third-order valence-electron chi connectivity index (χ3n) is 2.30. The van der Waals surface area contributed by atoms with Gasteiger partial charge in [-0.1, -0.05) is 13.3 Å². The fourth-order valence-electron chi connectivity index (χ4n) is 1.34. The van der Waals surface area contributed by atoms with E-state index in [1.165, 1.54) is 14.2 Å².